The number of nitrogens with zero attached hydrogens (tertiary/aromatic N) is 1. The average Bonchev–Trinajstić information content (AvgIpc) is 2.08. The van der Waals surface area contributed by atoms with E-state index in [0.717, 1.165) is 4.47 Å². The predicted octanol–water partition coefficient (Wildman–Crippen LogP) is 2.72. The van der Waals surface area contributed by atoms with E-state index in [2.05, 4.69) is 20.9 Å². The van der Waals surface area contributed by atoms with E-state index in [0.29, 0.717) is 11.3 Å². The molecule has 1 aromatic heterocycles. The van der Waals surface area contributed by atoms with Gasteiger partial charge in [-0.3, -0.25) is 4.98 Å². The van der Waals surface area contributed by atoms with Gasteiger partial charge < -0.3 is 4.74 Å². The summed E-state index contributed by atoms with van der Waals surface area (Å²) < 4.78 is 5.85. The molecule has 4 heteroatoms. The van der Waals surface area contributed by atoms with Crippen molar-refractivity contribution in [3.63, 3.8) is 0 Å². The first-order valence-electron chi connectivity index (χ1n) is 4.34. The van der Waals surface area contributed by atoms with Gasteiger partial charge in [0.15, 0.2) is 0 Å². The van der Waals surface area contributed by atoms with E-state index in [1.165, 1.54) is 0 Å². The zero-order valence-electron chi connectivity index (χ0n) is 8.37. The van der Waals surface area contributed by atoms with Gasteiger partial charge in [-0.1, -0.05) is 0 Å². The van der Waals surface area contributed by atoms with E-state index in [1.807, 2.05) is 13.8 Å². The van der Waals surface area contributed by atoms with E-state index in [-0.39, 0.29) is 12.1 Å². The van der Waals surface area contributed by atoms with E-state index in [9.17, 15) is 4.79 Å². The number of carbonyl (C=O) groups excluding carboxylic acids is 1. The number of carbonyl (C=O) groups is 1. The van der Waals surface area contributed by atoms with Crippen LogP contribution in [0, 0.1) is 6.92 Å². The van der Waals surface area contributed by atoms with Gasteiger partial charge in [0.1, 0.15) is 0 Å². The van der Waals surface area contributed by atoms with Crippen LogP contribution in [-0.4, -0.2) is 17.1 Å². The molecule has 0 unspecified atom stereocenters. The van der Waals surface area contributed by atoms with E-state index >= 15 is 0 Å². The zero-order valence-corrected chi connectivity index (χ0v) is 9.96. The lowest BCUT2D eigenvalue weighted by Gasteiger charge is -2.09. The molecule has 0 spiro atoms. The highest BCUT2D eigenvalue weighted by Gasteiger charge is 2.13. The first kappa shape index (κ1) is 11.2. The number of esters is 1. The molecule has 1 rings (SSSR count). The molecule has 76 valence electrons. The molecule has 0 saturated carbocycles. The molecule has 0 aliphatic carbocycles. The Morgan fingerprint density at radius 2 is 2.21 bits per heavy atom. The molecule has 0 radical (unpaired) electrons. The Labute approximate surface area is 91.6 Å². The highest BCUT2D eigenvalue weighted by molar-refractivity contribution is 9.10. The molecule has 0 N–H and O–H groups in total. The molecule has 0 aromatic carbocycles. The number of ether oxygens (including phenoxy) is 1. The van der Waals surface area contributed by atoms with Gasteiger partial charge in [0, 0.05) is 10.7 Å². The van der Waals surface area contributed by atoms with Crippen LogP contribution in [0.5, 0.6) is 0 Å². The third kappa shape index (κ3) is 2.80. The molecule has 0 aliphatic heterocycles. The smallest absolute Gasteiger partial charge is 0.340 e. The highest BCUT2D eigenvalue weighted by Crippen LogP contribution is 2.14. The van der Waals surface area contributed by atoms with Crippen molar-refractivity contribution in [3.8, 4) is 0 Å². The van der Waals surface area contributed by atoms with Gasteiger partial charge in [0.05, 0.1) is 17.4 Å². The van der Waals surface area contributed by atoms with Crippen molar-refractivity contribution >= 4 is 21.9 Å². The van der Waals surface area contributed by atoms with Crippen LogP contribution in [0.1, 0.15) is 29.9 Å². The van der Waals surface area contributed by atoms with E-state index in [1.54, 1.807) is 19.2 Å². The quantitative estimate of drug-likeness (QED) is 0.765. The van der Waals surface area contributed by atoms with Gasteiger partial charge >= 0.3 is 5.97 Å². The number of aryl methyl sites for hydroxylation is 1. The maximum atomic E-state index is 11.5. The summed E-state index contributed by atoms with van der Waals surface area (Å²) in [4.78, 5) is 15.6. The van der Waals surface area contributed by atoms with Crippen LogP contribution in [-0.2, 0) is 4.74 Å². The highest BCUT2D eigenvalue weighted by atomic mass is 79.9. The maximum Gasteiger partial charge on any atom is 0.340 e. The fraction of sp³-hybridized carbons (Fsp3) is 0.400. The molecule has 0 atom stereocenters. The Balaban J connectivity index is 2.94. The van der Waals surface area contributed by atoms with Crippen LogP contribution < -0.4 is 0 Å². The summed E-state index contributed by atoms with van der Waals surface area (Å²) in [6.45, 7) is 5.42. The van der Waals surface area contributed by atoms with Crippen molar-refractivity contribution in [2.75, 3.05) is 0 Å². The molecule has 0 amide bonds. The van der Waals surface area contributed by atoms with Gasteiger partial charge in [-0.2, -0.15) is 0 Å². The van der Waals surface area contributed by atoms with E-state index < -0.39 is 0 Å². The lowest BCUT2D eigenvalue weighted by molar-refractivity contribution is 0.0376. The third-order valence-electron chi connectivity index (χ3n) is 1.62. The second-order valence-corrected chi connectivity index (χ2v) is 4.16. The number of pyridine rings is 1. The number of rotatable bonds is 2. The molecule has 0 saturated heterocycles. The summed E-state index contributed by atoms with van der Waals surface area (Å²) in [5.74, 6) is -0.327. The first-order valence-corrected chi connectivity index (χ1v) is 5.13. The topological polar surface area (TPSA) is 39.2 Å². The SMILES string of the molecule is Cc1ncc(Br)cc1C(=O)OC(C)C. The number of hydrogen-bond donors (Lipinski definition) is 0. The van der Waals surface area contributed by atoms with Crippen molar-refractivity contribution in [3.05, 3.63) is 28.0 Å². The molecule has 3 nitrogen and oxygen atoms in total. The molecule has 0 fully saturated rings. The van der Waals surface area contributed by atoms with Crippen molar-refractivity contribution in [1.82, 2.24) is 4.98 Å². The second-order valence-electron chi connectivity index (χ2n) is 3.24. The number of halogens is 1. The third-order valence-corrected chi connectivity index (χ3v) is 2.05. The molecule has 1 heterocycles. The Hall–Kier alpha value is -0.900. The van der Waals surface area contributed by atoms with Crippen LogP contribution in [0.4, 0.5) is 0 Å². The van der Waals surface area contributed by atoms with Crippen molar-refractivity contribution in [1.29, 1.82) is 0 Å². The van der Waals surface area contributed by atoms with Gasteiger partial charge in [-0.15, -0.1) is 0 Å². The summed E-state index contributed by atoms with van der Waals surface area (Å²) in [5, 5.41) is 0. The molecular formula is C10H12BrNO2. The monoisotopic (exact) mass is 257 g/mol. The predicted molar refractivity (Wildman–Crippen MR) is 57.2 cm³/mol. The molecule has 14 heavy (non-hydrogen) atoms. The van der Waals surface area contributed by atoms with Crippen LogP contribution in [0.25, 0.3) is 0 Å². The molecule has 0 bridgehead atoms. The van der Waals surface area contributed by atoms with E-state index in [4.69, 9.17) is 4.74 Å². The zero-order chi connectivity index (χ0) is 10.7. The van der Waals surface area contributed by atoms with Gasteiger partial charge in [-0.25, -0.2) is 4.79 Å². The molecule has 0 aliphatic rings. The second kappa shape index (κ2) is 4.55. The van der Waals surface area contributed by atoms with Crippen LogP contribution in [0.15, 0.2) is 16.7 Å². The maximum absolute atomic E-state index is 11.5. The first-order chi connectivity index (χ1) is 6.50. The summed E-state index contributed by atoms with van der Waals surface area (Å²) in [6, 6.07) is 1.72. The number of aromatic nitrogens is 1. The summed E-state index contributed by atoms with van der Waals surface area (Å²) in [5.41, 5.74) is 1.19. The lowest BCUT2D eigenvalue weighted by atomic mass is 10.2. The Morgan fingerprint density at radius 1 is 1.57 bits per heavy atom. The normalized spacial score (nSPS) is 10.4. The van der Waals surface area contributed by atoms with Crippen LogP contribution in [0.3, 0.4) is 0 Å². The fourth-order valence-corrected chi connectivity index (χ4v) is 1.32. The Kier molecular flexibility index (Phi) is 3.63. The minimum atomic E-state index is -0.327. The van der Waals surface area contributed by atoms with Crippen molar-refractivity contribution in [2.24, 2.45) is 0 Å². The average molecular weight is 258 g/mol. The van der Waals surface area contributed by atoms with Gasteiger partial charge in [0.25, 0.3) is 0 Å². The van der Waals surface area contributed by atoms with Crippen molar-refractivity contribution in [2.45, 2.75) is 26.9 Å². The molecule has 1 aromatic rings. The van der Waals surface area contributed by atoms with Crippen molar-refractivity contribution < 1.29 is 9.53 Å². The summed E-state index contributed by atoms with van der Waals surface area (Å²) in [6.07, 6.45) is 1.54. The minimum Gasteiger partial charge on any atom is -0.459 e. The van der Waals surface area contributed by atoms with Crippen LogP contribution >= 0.6 is 15.9 Å². The Morgan fingerprint density at radius 3 is 2.79 bits per heavy atom. The molecular weight excluding hydrogens is 246 g/mol. The van der Waals surface area contributed by atoms with Gasteiger partial charge in [-0.05, 0) is 42.8 Å². The standard InChI is InChI=1S/C10H12BrNO2/c1-6(2)14-10(13)9-4-8(11)5-12-7(9)3/h4-6H,1-3H3. The fourth-order valence-electron chi connectivity index (χ4n) is 0.992. The van der Waals surface area contributed by atoms with Crippen LogP contribution in [0.2, 0.25) is 0 Å². The Bertz CT molecular complexity index is 350. The van der Waals surface area contributed by atoms with Gasteiger partial charge in [0.2, 0.25) is 0 Å². The lowest BCUT2D eigenvalue weighted by Crippen LogP contribution is -2.13. The summed E-state index contributed by atoms with van der Waals surface area (Å²) in [7, 11) is 0. The minimum absolute atomic E-state index is 0.110. The summed E-state index contributed by atoms with van der Waals surface area (Å²) >= 11 is 3.26. The largest absolute Gasteiger partial charge is 0.459 e. The number of hydrogen-bond acceptors (Lipinski definition) is 3.